The first-order valence-corrected chi connectivity index (χ1v) is 22.7. The van der Waals surface area contributed by atoms with Crippen LogP contribution in [0.5, 0.6) is 0 Å². The first kappa shape index (κ1) is 45.6. The molecule has 0 N–H and O–H groups in total. The van der Waals surface area contributed by atoms with Gasteiger partial charge in [0.1, 0.15) is 0 Å². The maximum atomic E-state index is 7.98. The van der Waals surface area contributed by atoms with Gasteiger partial charge >= 0.3 is 291 Å². The van der Waals surface area contributed by atoms with Gasteiger partial charge in [0.05, 0.1) is 0 Å². The molecule has 4 nitrogen and oxygen atoms in total. The third kappa shape index (κ3) is 10.3. The summed E-state index contributed by atoms with van der Waals surface area (Å²) in [6.07, 6.45) is 16.1. The van der Waals surface area contributed by atoms with Crippen LogP contribution in [0.25, 0.3) is 0 Å². The summed E-state index contributed by atoms with van der Waals surface area (Å²) in [5, 5.41) is 0. The van der Waals surface area contributed by atoms with Crippen molar-refractivity contribution in [3.05, 3.63) is 0 Å². The van der Waals surface area contributed by atoms with E-state index in [4.69, 9.17) is 13.3 Å². The van der Waals surface area contributed by atoms with E-state index in [1.807, 2.05) is 0 Å². The van der Waals surface area contributed by atoms with Crippen LogP contribution >= 0.6 is 0 Å². The molecular formula is C40H84O4Ti. The Bertz CT molecular complexity index is 597. The van der Waals surface area contributed by atoms with E-state index >= 15 is 0 Å². The second kappa shape index (κ2) is 21.6. The molecule has 272 valence electrons. The molecule has 0 saturated carbocycles. The van der Waals surface area contributed by atoms with Gasteiger partial charge in [-0.25, -0.2) is 0 Å². The van der Waals surface area contributed by atoms with Crippen LogP contribution < -0.4 is 0 Å². The molecule has 0 aromatic carbocycles. The van der Waals surface area contributed by atoms with Crippen molar-refractivity contribution in [3.63, 3.8) is 0 Å². The van der Waals surface area contributed by atoms with Crippen molar-refractivity contribution in [2.24, 2.45) is 23.7 Å². The topological polar surface area (TPSA) is 36.9 Å². The van der Waals surface area contributed by atoms with Gasteiger partial charge in [-0.3, -0.25) is 0 Å². The number of rotatable bonds is 28. The van der Waals surface area contributed by atoms with Crippen LogP contribution in [-0.4, -0.2) is 22.4 Å². The van der Waals surface area contributed by atoms with Crippen LogP contribution in [0.2, 0.25) is 0 Å². The van der Waals surface area contributed by atoms with Gasteiger partial charge in [-0.15, -0.1) is 0 Å². The summed E-state index contributed by atoms with van der Waals surface area (Å²) in [7, 11) is 0. The average molecular weight is 677 g/mol. The van der Waals surface area contributed by atoms with Gasteiger partial charge in [-0.05, 0) is 0 Å². The Morgan fingerprint density at radius 3 is 0.511 bits per heavy atom. The Hall–Kier alpha value is 0.554. The molecule has 0 amide bonds. The zero-order chi connectivity index (χ0) is 35.0. The van der Waals surface area contributed by atoms with Crippen molar-refractivity contribution in [3.8, 4) is 0 Å². The van der Waals surface area contributed by atoms with E-state index in [0.717, 1.165) is 103 Å². The molecule has 0 aromatic rings. The summed E-state index contributed by atoms with van der Waals surface area (Å²) >= 11 is -4.68. The van der Waals surface area contributed by atoms with Gasteiger partial charge in [0.2, 0.25) is 0 Å². The summed E-state index contributed by atoms with van der Waals surface area (Å²) in [6, 6.07) is 0. The molecule has 0 heterocycles. The summed E-state index contributed by atoms with van der Waals surface area (Å²) in [5.41, 5.74) is -1.42. The van der Waals surface area contributed by atoms with Crippen molar-refractivity contribution in [2.45, 2.75) is 236 Å². The second-order valence-corrected chi connectivity index (χ2v) is 16.9. The molecule has 0 saturated heterocycles. The van der Waals surface area contributed by atoms with E-state index < -0.39 is 18.1 Å². The fraction of sp³-hybridized carbons (Fsp3) is 1.00. The molecule has 0 atom stereocenters. The zero-order valence-electron chi connectivity index (χ0n) is 33.8. The van der Waals surface area contributed by atoms with E-state index in [-0.39, 0.29) is 22.4 Å². The van der Waals surface area contributed by atoms with Crippen LogP contribution in [-0.2, 0) is 31.4 Å². The number of hydrogen-bond acceptors (Lipinski definition) is 4. The van der Waals surface area contributed by atoms with Crippen LogP contribution in [0.4, 0.5) is 0 Å². The van der Waals surface area contributed by atoms with Gasteiger partial charge in [0, 0.05) is 0 Å². The Morgan fingerprint density at radius 1 is 0.289 bits per heavy atom. The van der Waals surface area contributed by atoms with Gasteiger partial charge in [0.15, 0.2) is 0 Å². The fourth-order valence-corrected chi connectivity index (χ4v) is 15.8. The van der Waals surface area contributed by atoms with Gasteiger partial charge in [-0.2, -0.15) is 0 Å². The van der Waals surface area contributed by atoms with Crippen LogP contribution in [0, 0.1) is 23.7 Å². The maximum absolute atomic E-state index is 7.98. The zero-order valence-corrected chi connectivity index (χ0v) is 35.3. The summed E-state index contributed by atoms with van der Waals surface area (Å²) < 4.78 is 31.9. The van der Waals surface area contributed by atoms with E-state index in [9.17, 15) is 0 Å². The molecule has 0 fully saturated rings. The van der Waals surface area contributed by atoms with Crippen molar-refractivity contribution in [1.82, 2.24) is 0 Å². The molecule has 0 bridgehead atoms. The standard InChI is InChI=1S/4C10H21O.Ti/c4*1-5-9(6-2)10(11,7-3)8-4;/h4*9H,5-8H2,1-4H3;/q4*-1;+4. The molecule has 0 aliphatic heterocycles. The third-order valence-corrected chi connectivity index (χ3v) is 17.1. The van der Waals surface area contributed by atoms with Gasteiger partial charge in [-0.1, -0.05) is 0 Å². The van der Waals surface area contributed by atoms with E-state index in [1.54, 1.807) is 0 Å². The van der Waals surface area contributed by atoms with Crippen molar-refractivity contribution in [1.29, 1.82) is 0 Å². The monoisotopic (exact) mass is 677 g/mol. The van der Waals surface area contributed by atoms with Crippen LogP contribution in [0.15, 0.2) is 0 Å². The van der Waals surface area contributed by atoms with E-state index in [2.05, 4.69) is 111 Å². The van der Waals surface area contributed by atoms with Gasteiger partial charge < -0.3 is 0 Å². The predicted molar refractivity (Wildman–Crippen MR) is 194 cm³/mol. The molecule has 0 radical (unpaired) electrons. The van der Waals surface area contributed by atoms with Gasteiger partial charge in [0.25, 0.3) is 0 Å². The van der Waals surface area contributed by atoms with Crippen molar-refractivity contribution >= 4 is 0 Å². The molecule has 0 unspecified atom stereocenters. The molecule has 0 aliphatic rings. The minimum atomic E-state index is -4.68. The molecule has 5 heteroatoms. The normalized spacial score (nSPS) is 14.1. The van der Waals surface area contributed by atoms with Crippen LogP contribution in [0.1, 0.15) is 214 Å². The number of hydrogen-bond donors (Lipinski definition) is 0. The summed E-state index contributed by atoms with van der Waals surface area (Å²) in [4.78, 5) is 0. The Labute approximate surface area is 289 Å². The van der Waals surface area contributed by atoms with E-state index in [0.29, 0.717) is 23.7 Å². The Morgan fingerprint density at radius 2 is 0.422 bits per heavy atom. The average Bonchev–Trinajstić information content (AvgIpc) is 3.08. The quantitative estimate of drug-likeness (QED) is 0.0773. The fourth-order valence-electron chi connectivity index (χ4n) is 9.47. The Kier molecular flexibility index (Phi) is 21.9. The molecular weight excluding hydrogens is 592 g/mol. The minimum absolute atomic E-state index is 0.354. The van der Waals surface area contributed by atoms with E-state index in [1.165, 1.54) is 0 Å². The van der Waals surface area contributed by atoms with Crippen LogP contribution in [0.3, 0.4) is 0 Å². The SMILES string of the molecule is CCC(CC)C(CC)(CC)[O][Ti]([O]C(CC)(CC)C(CC)CC)([O]C(CC)(CC)C(CC)CC)[O]C(CC)(CC)C(CC)CC. The molecule has 0 aromatic heterocycles. The van der Waals surface area contributed by atoms with Crippen molar-refractivity contribution in [2.75, 3.05) is 0 Å². The molecule has 0 aliphatic carbocycles. The molecule has 45 heavy (non-hydrogen) atoms. The predicted octanol–water partition coefficient (Wildman–Crippen LogP) is 13.8. The third-order valence-electron chi connectivity index (χ3n) is 13.0. The summed E-state index contributed by atoms with van der Waals surface area (Å²) in [6.45, 7) is 37.3. The molecule has 0 rings (SSSR count). The Balaban J connectivity index is 8.35. The second-order valence-electron chi connectivity index (χ2n) is 14.0. The first-order valence-electron chi connectivity index (χ1n) is 20.2. The summed E-state index contributed by atoms with van der Waals surface area (Å²) in [5.74, 6) is 1.65. The van der Waals surface area contributed by atoms with Crippen molar-refractivity contribution < 1.29 is 31.4 Å². The first-order chi connectivity index (χ1) is 21.4. The molecule has 0 spiro atoms.